The Bertz CT molecular complexity index is 1460. The second-order valence-electron chi connectivity index (χ2n) is 8.12. The fourth-order valence-corrected chi connectivity index (χ4v) is 5.98. The summed E-state index contributed by atoms with van der Waals surface area (Å²) in [6.07, 6.45) is 0. The van der Waals surface area contributed by atoms with Crippen LogP contribution >= 0.6 is 23.4 Å². The largest absolute Gasteiger partial charge is 0.272 e. The van der Waals surface area contributed by atoms with E-state index < -0.39 is 21.9 Å². The Hall–Kier alpha value is -2.72. The van der Waals surface area contributed by atoms with Crippen LogP contribution in [0.25, 0.3) is 5.69 Å². The van der Waals surface area contributed by atoms with E-state index in [0.29, 0.717) is 21.8 Å². The molecule has 1 unspecified atom stereocenters. The zero-order valence-electron chi connectivity index (χ0n) is 19.4. The molecule has 1 N–H and O–H groups in total. The number of aryl methyl sites for hydroxylation is 2. The van der Waals surface area contributed by atoms with E-state index in [1.54, 1.807) is 13.0 Å². The predicted molar refractivity (Wildman–Crippen MR) is 137 cm³/mol. The molecule has 4 rings (SSSR count). The van der Waals surface area contributed by atoms with Gasteiger partial charge in [-0.05, 0) is 73.9 Å². The van der Waals surface area contributed by atoms with Crippen molar-refractivity contribution in [1.29, 1.82) is 0 Å². The highest BCUT2D eigenvalue weighted by Crippen LogP contribution is 2.31. The molecule has 35 heavy (non-hydrogen) atoms. The minimum atomic E-state index is -3.92. The summed E-state index contributed by atoms with van der Waals surface area (Å²) in [6, 6.07) is 17.5. The maximum atomic E-state index is 13.3. The molecule has 0 aliphatic carbocycles. The third-order valence-corrected chi connectivity index (χ3v) is 8.30. The number of aromatic nitrogens is 3. The minimum Gasteiger partial charge on any atom is -0.272 e. The first-order valence-electron chi connectivity index (χ1n) is 10.8. The molecule has 0 spiro atoms. The molecule has 0 radical (unpaired) electrons. The smallest absolute Gasteiger partial charge is 0.241 e. The van der Waals surface area contributed by atoms with Crippen LogP contribution in [-0.4, -0.2) is 23.2 Å². The molecule has 0 saturated carbocycles. The van der Waals surface area contributed by atoms with Gasteiger partial charge >= 0.3 is 0 Å². The summed E-state index contributed by atoms with van der Waals surface area (Å²) in [4.78, 5) is -0.0371. The normalized spacial score (nSPS) is 12.6. The van der Waals surface area contributed by atoms with Crippen LogP contribution in [0.5, 0.6) is 0 Å². The number of nitrogens with zero attached hydrogens (tertiary/aromatic N) is 3. The number of halogens is 2. The molecule has 0 saturated heterocycles. The Morgan fingerprint density at radius 2 is 1.74 bits per heavy atom. The quantitative estimate of drug-likeness (QED) is 0.282. The van der Waals surface area contributed by atoms with Crippen LogP contribution < -0.4 is 4.72 Å². The number of hydrogen-bond acceptors (Lipinski definition) is 5. The Morgan fingerprint density at radius 3 is 2.46 bits per heavy atom. The summed E-state index contributed by atoms with van der Waals surface area (Å²) < 4.78 is 43.6. The average Bonchev–Trinajstić information content (AvgIpc) is 3.24. The van der Waals surface area contributed by atoms with E-state index in [-0.39, 0.29) is 4.90 Å². The van der Waals surface area contributed by atoms with Gasteiger partial charge in [0.15, 0.2) is 11.0 Å². The number of hydrogen-bond donors (Lipinski definition) is 1. The van der Waals surface area contributed by atoms with Crippen molar-refractivity contribution in [3.05, 3.63) is 100 Å². The van der Waals surface area contributed by atoms with Crippen LogP contribution in [0.15, 0.2) is 76.8 Å². The lowest BCUT2D eigenvalue weighted by molar-refractivity contribution is 0.555. The van der Waals surface area contributed by atoms with Gasteiger partial charge in [0.2, 0.25) is 10.0 Å². The summed E-state index contributed by atoms with van der Waals surface area (Å²) in [5.74, 6) is 0.567. The second-order valence-corrected chi connectivity index (χ2v) is 11.2. The van der Waals surface area contributed by atoms with Crippen molar-refractivity contribution in [3.8, 4) is 5.69 Å². The molecular weight excluding hydrogens is 507 g/mol. The number of thioether (sulfide) groups is 1. The van der Waals surface area contributed by atoms with Gasteiger partial charge in [0, 0.05) is 10.8 Å². The van der Waals surface area contributed by atoms with Gasteiger partial charge in [0.1, 0.15) is 5.82 Å². The fourth-order valence-electron chi connectivity index (χ4n) is 3.59. The van der Waals surface area contributed by atoms with Crippen molar-refractivity contribution in [2.24, 2.45) is 0 Å². The van der Waals surface area contributed by atoms with Crippen molar-refractivity contribution in [1.82, 2.24) is 19.5 Å². The topological polar surface area (TPSA) is 76.9 Å². The summed E-state index contributed by atoms with van der Waals surface area (Å²) in [7, 11) is -3.92. The van der Waals surface area contributed by atoms with Crippen molar-refractivity contribution in [3.63, 3.8) is 0 Å². The molecule has 182 valence electrons. The van der Waals surface area contributed by atoms with E-state index in [9.17, 15) is 12.8 Å². The molecule has 0 aliphatic heterocycles. The van der Waals surface area contributed by atoms with E-state index in [1.165, 1.54) is 35.0 Å². The molecule has 3 aromatic carbocycles. The molecule has 4 aromatic rings. The third-order valence-electron chi connectivity index (χ3n) is 5.53. The van der Waals surface area contributed by atoms with Crippen molar-refractivity contribution >= 4 is 33.4 Å². The van der Waals surface area contributed by atoms with Gasteiger partial charge in [-0.2, -0.15) is 0 Å². The van der Waals surface area contributed by atoms with Gasteiger partial charge < -0.3 is 0 Å². The molecule has 0 bridgehead atoms. The summed E-state index contributed by atoms with van der Waals surface area (Å²) in [5, 5.41) is 9.90. The monoisotopic (exact) mass is 530 g/mol. The molecule has 1 atom stereocenters. The van der Waals surface area contributed by atoms with Gasteiger partial charge in [-0.25, -0.2) is 17.5 Å². The number of benzene rings is 3. The minimum absolute atomic E-state index is 0.0371. The van der Waals surface area contributed by atoms with E-state index in [1.807, 2.05) is 35.8 Å². The van der Waals surface area contributed by atoms with Crippen LogP contribution in [0, 0.1) is 19.7 Å². The molecular formula is C25H24ClFN4O2S2. The zero-order valence-corrected chi connectivity index (χ0v) is 21.8. The Labute approximate surface area is 213 Å². The van der Waals surface area contributed by atoms with Gasteiger partial charge in [0.05, 0.1) is 16.6 Å². The Kier molecular flexibility index (Phi) is 7.61. The highest BCUT2D eigenvalue weighted by molar-refractivity contribution is 7.98. The van der Waals surface area contributed by atoms with Gasteiger partial charge in [-0.3, -0.25) is 4.57 Å². The Balaban J connectivity index is 1.71. The Morgan fingerprint density at radius 1 is 1.03 bits per heavy atom. The SMILES string of the molecule is Cc1ccccc1CSc1nnc(C(C)NS(=O)(=O)c2ccc(F)cc2)n1-c1cc(Cl)ccc1C. The zero-order chi connectivity index (χ0) is 25.2. The highest BCUT2D eigenvalue weighted by atomic mass is 35.5. The lowest BCUT2D eigenvalue weighted by Crippen LogP contribution is -2.29. The first kappa shape index (κ1) is 25.4. The van der Waals surface area contributed by atoms with E-state index >= 15 is 0 Å². The first-order valence-corrected chi connectivity index (χ1v) is 13.7. The first-order chi connectivity index (χ1) is 16.7. The van der Waals surface area contributed by atoms with Crippen molar-refractivity contribution in [2.45, 2.75) is 42.6 Å². The molecule has 10 heteroatoms. The number of sulfonamides is 1. The van der Waals surface area contributed by atoms with Crippen LogP contribution in [-0.2, 0) is 15.8 Å². The van der Waals surface area contributed by atoms with Gasteiger partial charge in [0.25, 0.3) is 0 Å². The lowest BCUT2D eigenvalue weighted by atomic mass is 10.1. The van der Waals surface area contributed by atoms with Crippen molar-refractivity contribution < 1.29 is 12.8 Å². The summed E-state index contributed by atoms with van der Waals surface area (Å²) in [5.41, 5.74) is 4.03. The van der Waals surface area contributed by atoms with Crippen LogP contribution in [0.2, 0.25) is 5.02 Å². The average molecular weight is 531 g/mol. The molecule has 1 heterocycles. The van der Waals surface area contributed by atoms with Gasteiger partial charge in [-0.1, -0.05) is 53.7 Å². The molecule has 0 amide bonds. The molecule has 6 nitrogen and oxygen atoms in total. The predicted octanol–water partition coefficient (Wildman–Crippen LogP) is 6.01. The second kappa shape index (κ2) is 10.5. The lowest BCUT2D eigenvalue weighted by Gasteiger charge is -2.18. The number of rotatable bonds is 8. The third kappa shape index (κ3) is 5.75. The van der Waals surface area contributed by atoms with Gasteiger partial charge in [-0.15, -0.1) is 10.2 Å². The van der Waals surface area contributed by atoms with E-state index in [2.05, 4.69) is 34.0 Å². The molecule has 1 aromatic heterocycles. The summed E-state index contributed by atoms with van der Waals surface area (Å²) >= 11 is 7.81. The van der Waals surface area contributed by atoms with Crippen LogP contribution in [0.1, 0.15) is 35.5 Å². The van der Waals surface area contributed by atoms with Crippen LogP contribution in [0.4, 0.5) is 4.39 Å². The van der Waals surface area contributed by atoms with Crippen LogP contribution in [0.3, 0.4) is 0 Å². The maximum Gasteiger partial charge on any atom is 0.241 e. The standard InChI is InChI=1S/C25H24ClFN4O2S2/c1-16-6-4-5-7-19(16)15-34-25-29-28-24(31(25)23-14-20(26)9-8-17(23)2)18(3)30-35(32,33)22-12-10-21(27)11-13-22/h4-14,18,30H,15H2,1-3H3. The van der Waals surface area contributed by atoms with E-state index in [0.717, 1.165) is 23.4 Å². The maximum absolute atomic E-state index is 13.3. The van der Waals surface area contributed by atoms with E-state index in [4.69, 9.17) is 11.6 Å². The van der Waals surface area contributed by atoms with Crippen molar-refractivity contribution in [2.75, 3.05) is 0 Å². The molecule has 0 fully saturated rings. The molecule has 0 aliphatic rings. The summed E-state index contributed by atoms with van der Waals surface area (Å²) in [6.45, 7) is 5.69. The highest BCUT2D eigenvalue weighted by Gasteiger charge is 2.25. The number of nitrogens with one attached hydrogen (secondary N) is 1. The fraction of sp³-hybridized carbons (Fsp3) is 0.200.